The summed E-state index contributed by atoms with van der Waals surface area (Å²) in [6.07, 6.45) is 1.35. The number of carboxylic acid groups (broad SMARTS) is 1. The van der Waals surface area contributed by atoms with Crippen LogP contribution >= 0.6 is 0 Å². The standard InChI is InChI=1S/C11H15N3O4/c1-14(6-7-18-2)11(17)13-8-4-3-5-12-9(8)10(15)16/h3-5H,6-7H2,1-2H3,(H,13,17)(H,15,16). The van der Waals surface area contributed by atoms with Crippen LogP contribution in [-0.4, -0.2) is 54.3 Å². The molecule has 7 nitrogen and oxygen atoms in total. The molecule has 0 aliphatic heterocycles. The Hall–Kier alpha value is -2.15. The number of ether oxygens (including phenoxy) is 1. The van der Waals surface area contributed by atoms with Crippen molar-refractivity contribution in [3.05, 3.63) is 24.0 Å². The fourth-order valence-corrected chi connectivity index (χ4v) is 1.22. The van der Waals surface area contributed by atoms with Crippen LogP contribution in [0.2, 0.25) is 0 Å². The number of carbonyl (C=O) groups is 2. The number of rotatable bonds is 5. The summed E-state index contributed by atoms with van der Waals surface area (Å²) >= 11 is 0. The highest BCUT2D eigenvalue weighted by Gasteiger charge is 2.15. The van der Waals surface area contributed by atoms with Crippen LogP contribution in [0.1, 0.15) is 10.5 Å². The molecule has 0 aromatic carbocycles. The first-order valence-electron chi connectivity index (χ1n) is 5.25. The molecule has 0 bridgehead atoms. The molecule has 1 aromatic heterocycles. The average molecular weight is 253 g/mol. The number of aromatic nitrogens is 1. The van der Waals surface area contributed by atoms with Crippen molar-refractivity contribution in [3.8, 4) is 0 Å². The summed E-state index contributed by atoms with van der Waals surface area (Å²) < 4.78 is 4.85. The van der Waals surface area contributed by atoms with Crippen molar-refractivity contribution in [1.29, 1.82) is 0 Å². The maximum atomic E-state index is 11.7. The van der Waals surface area contributed by atoms with Gasteiger partial charge >= 0.3 is 12.0 Å². The number of methoxy groups -OCH3 is 1. The summed E-state index contributed by atoms with van der Waals surface area (Å²) in [5.74, 6) is -1.19. The Bertz CT molecular complexity index is 436. The molecule has 2 amide bonds. The van der Waals surface area contributed by atoms with E-state index in [2.05, 4.69) is 10.3 Å². The van der Waals surface area contributed by atoms with E-state index in [-0.39, 0.29) is 11.4 Å². The van der Waals surface area contributed by atoms with Gasteiger partial charge in [0.25, 0.3) is 0 Å². The fourth-order valence-electron chi connectivity index (χ4n) is 1.22. The molecule has 18 heavy (non-hydrogen) atoms. The van der Waals surface area contributed by atoms with Crippen molar-refractivity contribution >= 4 is 17.7 Å². The molecule has 1 aromatic rings. The minimum Gasteiger partial charge on any atom is -0.476 e. The monoisotopic (exact) mass is 253 g/mol. The Balaban J connectivity index is 2.72. The average Bonchev–Trinajstić information content (AvgIpc) is 2.36. The summed E-state index contributed by atoms with van der Waals surface area (Å²) in [5.41, 5.74) is -0.0229. The second-order valence-electron chi connectivity index (χ2n) is 3.55. The number of amides is 2. The molecule has 2 N–H and O–H groups in total. The van der Waals surface area contributed by atoms with E-state index in [1.807, 2.05) is 0 Å². The first kappa shape index (κ1) is 13.9. The highest BCUT2D eigenvalue weighted by atomic mass is 16.5. The third kappa shape index (κ3) is 3.70. The lowest BCUT2D eigenvalue weighted by molar-refractivity contribution is 0.0691. The van der Waals surface area contributed by atoms with Crippen molar-refractivity contribution in [1.82, 2.24) is 9.88 Å². The van der Waals surface area contributed by atoms with Crippen molar-refractivity contribution in [3.63, 3.8) is 0 Å². The van der Waals surface area contributed by atoms with E-state index >= 15 is 0 Å². The van der Waals surface area contributed by atoms with E-state index in [4.69, 9.17) is 9.84 Å². The molecular formula is C11H15N3O4. The van der Waals surface area contributed by atoms with Gasteiger partial charge in [0.2, 0.25) is 0 Å². The van der Waals surface area contributed by atoms with Crippen molar-refractivity contribution in [2.24, 2.45) is 0 Å². The highest BCUT2D eigenvalue weighted by Crippen LogP contribution is 2.12. The van der Waals surface area contributed by atoms with E-state index in [0.29, 0.717) is 13.2 Å². The molecular weight excluding hydrogens is 238 g/mol. The van der Waals surface area contributed by atoms with Gasteiger partial charge in [-0.15, -0.1) is 0 Å². The van der Waals surface area contributed by atoms with Gasteiger partial charge in [0.05, 0.1) is 12.3 Å². The lowest BCUT2D eigenvalue weighted by Gasteiger charge is -2.17. The maximum Gasteiger partial charge on any atom is 0.356 e. The van der Waals surface area contributed by atoms with Crippen molar-refractivity contribution in [2.75, 3.05) is 32.6 Å². The van der Waals surface area contributed by atoms with E-state index < -0.39 is 12.0 Å². The van der Waals surface area contributed by atoms with Crippen LogP contribution in [0.4, 0.5) is 10.5 Å². The van der Waals surface area contributed by atoms with Crippen LogP contribution in [0.5, 0.6) is 0 Å². The molecule has 0 spiro atoms. The van der Waals surface area contributed by atoms with Crippen LogP contribution in [-0.2, 0) is 4.74 Å². The van der Waals surface area contributed by atoms with Gasteiger partial charge in [0, 0.05) is 26.9 Å². The molecule has 0 unspecified atom stereocenters. The highest BCUT2D eigenvalue weighted by molar-refractivity contribution is 5.98. The maximum absolute atomic E-state index is 11.7. The van der Waals surface area contributed by atoms with Crippen LogP contribution in [0.3, 0.4) is 0 Å². The molecule has 0 radical (unpaired) electrons. The zero-order valence-electron chi connectivity index (χ0n) is 10.2. The molecule has 0 fully saturated rings. The fraction of sp³-hybridized carbons (Fsp3) is 0.364. The minimum atomic E-state index is -1.19. The van der Waals surface area contributed by atoms with Crippen LogP contribution in [0, 0.1) is 0 Å². The van der Waals surface area contributed by atoms with Gasteiger partial charge in [-0.1, -0.05) is 0 Å². The summed E-state index contributed by atoms with van der Waals surface area (Å²) in [5, 5.41) is 11.4. The number of hydrogen-bond donors (Lipinski definition) is 2. The largest absolute Gasteiger partial charge is 0.476 e. The van der Waals surface area contributed by atoms with E-state index in [1.165, 1.54) is 24.3 Å². The zero-order chi connectivity index (χ0) is 13.5. The second kappa shape index (κ2) is 6.55. The second-order valence-corrected chi connectivity index (χ2v) is 3.55. The number of nitrogens with one attached hydrogen (secondary N) is 1. The first-order valence-corrected chi connectivity index (χ1v) is 5.25. The molecule has 98 valence electrons. The van der Waals surface area contributed by atoms with Gasteiger partial charge in [0.1, 0.15) is 0 Å². The van der Waals surface area contributed by atoms with E-state index in [9.17, 15) is 9.59 Å². The van der Waals surface area contributed by atoms with Crippen LogP contribution in [0.25, 0.3) is 0 Å². The number of anilines is 1. The predicted molar refractivity (Wildman–Crippen MR) is 64.7 cm³/mol. The number of nitrogens with zero attached hydrogens (tertiary/aromatic N) is 2. The molecule has 1 rings (SSSR count). The third-order valence-corrected chi connectivity index (χ3v) is 2.23. The Morgan fingerprint density at radius 1 is 1.56 bits per heavy atom. The number of carbonyl (C=O) groups excluding carboxylic acids is 1. The molecule has 0 aliphatic carbocycles. The van der Waals surface area contributed by atoms with Gasteiger partial charge in [-0.3, -0.25) is 0 Å². The number of carboxylic acids is 1. The predicted octanol–water partition coefficient (Wildman–Crippen LogP) is 0.890. The first-order chi connectivity index (χ1) is 8.56. The van der Waals surface area contributed by atoms with Crippen molar-refractivity contribution in [2.45, 2.75) is 0 Å². The number of pyridine rings is 1. The Morgan fingerprint density at radius 2 is 2.28 bits per heavy atom. The Labute approximate surface area is 104 Å². The third-order valence-electron chi connectivity index (χ3n) is 2.23. The molecule has 0 saturated heterocycles. The Kier molecular flexibility index (Phi) is 5.06. The quantitative estimate of drug-likeness (QED) is 0.813. The molecule has 0 aliphatic rings. The van der Waals surface area contributed by atoms with Gasteiger partial charge in [-0.2, -0.15) is 0 Å². The zero-order valence-corrected chi connectivity index (χ0v) is 10.2. The van der Waals surface area contributed by atoms with Gasteiger partial charge in [0.15, 0.2) is 5.69 Å². The summed E-state index contributed by atoms with van der Waals surface area (Å²) in [7, 11) is 3.13. The Morgan fingerprint density at radius 3 is 2.89 bits per heavy atom. The number of likely N-dealkylation sites (N-methyl/N-ethyl adjacent to an activating group) is 1. The smallest absolute Gasteiger partial charge is 0.356 e. The number of hydrogen-bond acceptors (Lipinski definition) is 4. The molecule has 0 atom stereocenters. The normalized spacial score (nSPS) is 9.89. The van der Waals surface area contributed by atoms with Gasteiger partial charge in [-0.05, 0) is 12.1 Å². The lowest BCUT2D eigenvalue weighted by Crippen LogP contribution is -2.34. The van der Waals surface area contributed by atoms with Gasteiger partial charge in [-0.25, -0.2) is 14.6 Å². The lowest BCUT2D eigenvalue weighted by atomic mass is 10.3. The topological polar surface area (TPSA) is 91.8 Å². The van der Waals surface area contributed by atoms with Gasteiger partial charge < -0.3 is 20.1 Å². The van der Waals surface area contributed by atoms with E-state index in [1.54, 1.807) is 13.1 Å². The number of aromatic carboxylic acids is 1. The minimum absolute atomic E-state index is 0.166. The SMILES string of the molecule is COCCN(C)C(=O)Nc1cccnc1C(=O)O. The summed E-state index contributed by atoms with van der Waals surface area (Å²) in [4.78, 5) is 27.7. The molecule has 7 heteroatoms. The van der Waals surface area contributed by atoms with Crippen LogP contribution < -0.4 is 5.32 Å². The number of urea groups is 1. The summed E-state index contributed by atoms with van der Waals surface area (Å²) in [6.45, 7) is 0.813. The summed E-state index contributed by atoms with van der Waals surface area (Å²) in [6, 6.07) is 2.62. The molecule has 0 saturated carbocycles. The van der Waals surface area contributed by atoms with E-state index in [0.717, 1.165) is 0 Å². The molecule has 1 heterocycles. The van der Waals surface area contributed by atoms with Crippen LogP contribution in [0.15, 0.2) is 18.3 Å². The van der Waals surface area contributed by atoms with Crippen molar-refractivity contribution < 1.29 is 19.4 Å².